The minimum absolute atomic E-state index is 0.121. The highest BCUT2D eigenvalue weighted by Gasteiger charge is 2.07. The quantitative estimate of drug-likeness (QED) is 0.739. The van der Waals surface area contributed by atoms with E-state index in [2.05, 4.69) is 15.0 Å². The Kier molecular flexibility index (Phi) is 3.08. The molecule has 7 heteroatoms. The third kappa shape index (κ3) is 2.46. The van der Waals surface area contributed by atoms with Crippen LogP contribution < -0.4 is 5.73 Å². The summed E-state index contributed by atoms with van der Waals surface area (Å²) in [6, 6.07) is 5.50. The first-order valence-electron chi connectivity index (χ1n) is 5.87. The second kappa shape index (κ2) is 4.90. The Labute approximate surface area is 119 Å². The highest BCUT2D eigenvalue weighted by Crippen LogP contribution is 2.19. The smallest absolute Gasteiger partial charge is 0.223 e. The number of carbonyl (C=O) groups is 1. The topological polar surface area (TPSA) is 86.2 Å². The molecule has 0 aliphatic heterocycles. The standard InChI is InChI=1S/C13H10ClN5O/c14-13-16-4-3-10(18-13)8-1-2-12-17-9(5-11(15)20)7-19(12)6-8/h1-4,6-7H,5H2,(H2,15,20). The molecule has 0 fully saturated rings. The molecule has 0 aliphatic carbocycles. The highest BCUT2D eigenvalue weighted by atomic mass is 35.5. The summed E-state index contributed by atoms with van der Waals surface area (Å²) in [6.45, 7) is 0. The van der Waals surface area contributed by atoms with Gasteiger partial charge in [0.15, 0.2) is 0 Å². The van der Waals surface area contributed by atoms with Gasteiger partial charge in [-0.15, -0.1) is 0 Å². The molecule has 100 valence electrons. The monoisotopic (exact) mass is 287 g/mol. The van der Waals surface area contributed by atoms with Gasteiger partial charge in [0.25, 0.3) is 0 Å². The zero-order valence-electron chi connectivity index (χ0n) is 10.3. The summed E-state index contributed by atoms with van der Waals surface area (Å²) in [4.78, 5) is 23.2. The van der Waals surface area contributed by atoms with E-state index in [9.17, 15) is 4.79 Å². The average Bonchev–Trinajstić information content (AvgIpc) is 2.78. The molecule has 0 aliphatic rings. The van der Waals surface area contributed by atoms with Crippen molar-refractivity contribution in [2.24, 2.45) is 5.73 Å². The summed E-state index contributed by atoms with van der Waals surface area (Å²) in [5, 5.41) is 0.197. The van der Waals surface area contributed by atoms with Crippen LogP contribution in [-0.4, -0.2) is 25.3 Å². The maximum Gasteiger partial charge on any atom is 0.223 e. The fourth-order valence-electron chi connectivity index (χ4n) is 1.96. The van der Waals surface area contributed by atoms with E-state index >= 15 is 0 Å². The van der Waals surface area contributed by atoms with Crippen molar-refractivity contribution >= 4 is 23.2 Å². The third-order valence-electron chi connectivity index (χ3n) is 2.78. The lowest BCUT2D eigenvalue weighted by atomic mass is 10.2. The van der Waals surface area contributed by atoms with Gasteiger partial charge in [-0.1, -0.05) is 0 Å². The number of halogens is 1. The van der Waals surface area contributed by atoms with Crippen LogP contribution in [0.15, 0.2) is 36.8 Å². The van der Waals surface area contributed by atoms with E-state index < -0.39 is 5.91 Å². The SMILES string of the molecule is NC(=O)Cc1cn2cc(-c3ccnc(Cl)n3)ccc2n1. The minimum atomic E-state index is -0.406. The van der Waals surface area contributed by atoms with Gasteiger partial charge in [0, 0.05) is 24.2 Å². The number of hydrogen-bond acceptors (Lipinski definition) is 4. The van der Waals surface area contributed by atoms with E-state index in [0.717, 1.165) is 16.9 Å². The minimum Gasteiger partial charge on any atom is -0.369 e. The van der Waals surface area contributed by atoms with Crippen LogP contribution >= 0.6 is 11.6 Å². The predicted octanol–water partition coefficient (Wildman–Crippen LogP) is 1.47. The van der Waals surface area contributed by atoms with Crippen molar-refractivity contribution < 1.29 is 4.79 Å². The fourth-order valence-corrected chi connectivity index (χ4v) is 2.10. The number of carbonyl (C=O) groups excluding carboxylic acids is 1. The summed E-state index contributed by atoms with van der Waals surface area (Å²) in [6.07, 6.45) is 5.36. The fraction of sp³-hybridized carbons (Fsp3) is 0.0769. The van der Waals surface area contributed by atoms with E-state index in [1.165, 1.54) is 0 Å². The third-order valence-corrected chi connectivity index (χ3v) is 2.96. The Hall–Kier alpha value is -2.47. The van der Waals surface area contributed by atoms with E-state index in [-0.39, 0.29) is 11.7 Å². The van der Waals surface area contributed by atoms with Crippen LogP contribution in [0.25, 0.3) is 16.9 Å². The lowest BCUT2D eigenvalue weighted by molar-refractivity contribution is -0.117. The number of imidazole rings is 1. The molecule has 0 saturated heterocycles. The molecule has 3 heterocycles. The number of amides is 1. The molecule has 1 amide bonds. The van der Waals surface area contributed by atoms with Crippen molar-refractivity contribution in [3.8, 4) is 11.3 Å². The molecule has 2 N–H and O–H groups in total. The lowest BCUT2D eigenvalue weighted by Crippen LogP contribution is -2.13. The normalized spacial score (nSPS) is 10.8. The zero-order chi connectivity index (χ0) is 14.1. The van der Waals surface area contributed by atoms with Crippen LogP contribution in [0.1, 0.15) is 5.69 Å². The first-order valence-corrected chi connectivity index (χ1v) is 6.24. The molecule has 0 unspecified atom stereocenters. The second-order valence-electron chi connectivity index (χ2n) is 4.27. The molecule has 3 rings (SSSR count). The van der Waals surface area contributed by atoms with Crippen molar-refractivity contribution in [2.75, 3.05) is 0 Å². The van der Waals surface area contributed by atoms with Crippen molar-refractivity contribution in [1.82, 2.24) is 19.4 Å². The Morgan fingerprint density at radius 1 is 1.25 bits per heavy atom. The van der Waals surface area contributed by atoms with Gasteiger partial charge >= 0.3 is 0 Å². The molecule has 0 atom stereocenters. The Morgan fingerprint density at radius 2 is 2.10 bits per heavy atom. The number of pyridine rings is 1. The van der Waals surface area contributed by atoms with Crippen LogP contribution in [0.2, 0.25) is 5.28 Å². The summed E-state index contributed by atoms with van der Waals surface area (Å²) in [5.41, 5.74) is 8.14. The van der Waals surface area contributed by atoms with E-state index in [4.69, 9.17) is 17.3 Å². The number of nitrogens with two attached hydrogens (primary N) is 1. The molecular weight excluding hydrogens is 278 g/mol. The number of aromatic nitrogens is 4. The van der Waals surface area contributed by atoms with Crippen LogP contribution in [-0.2, 0) is 11.2 Å². The van der Waals surface area contributed by atoms with E-state index in [1.54, 1.807) is 18.5 Å². The largest absolute Gasteiger partial charge is 0.369 e. The second-order valence-corrected chi connectivity index (χ2v) is 4.61. The molecule has 0 saturated carbocycles. The number of primary amides is 1. The number of rotatable bonds is 3. The van der Waals surface area contributed by atoms with E-state index in [0.29, 0.717) is 5.69 Å². The summed E-state index contributed by atoms with van der Waals surface area (Å²) in [5.74, 6) is -0.406. The number of nitrogens with zero attached hydrogens (tertiary/aromatic N) is 4. The molecule has 3 aromatic heterocycles. The Bertz CT molecular complexity index is 798. The molecule has 0 aromatic carbocycles. The van der Waals surface area contributed by atoms with Crippen LogP contribution in [0, 0.1) is 0 Å². The molecule has 0 radical (unpaired) electrons. The van der Waals surface area contributed by atoms with Gasteiger partial charge in [-0.3, -0.25) is 4.79 Å². The van der Waals surface area contributed by atoms with Crippen LogP contribution in [0.3, 0.4) is 0 Å². The van der Waals surface area contributed by atoms with Gasteiger partial charge in [-0.05, 0) is 29.8 Å². The molecular formula is C13H10ClN5O. The first-order chi connectivity index (χ1) is 9.61. The van der Waals surface area contributed by atoms with Crippen molar-refractivity contribution in [3.05, 3.63) is 47.8 Å². The maximum atomic E-state index is 10.9. The molecule has 6 nitrogen and oxygen atoms in total. The number of hydrogen-bond donors (Lipinski definition) is 1. The Balaban J connectivity index is 2.04. The van der Waals surface area contributed by atoms with Gasteiger partial charge in [-0.25, -0.2) is 15.0 Å². The van der Waals surface area contributed by atoms with Crippen molar-refractivity contribution in [3.63, 3.8) is 0 Å². The van der Waals surface area contributed by atoms with Gasteiger partial charge in [-0.2, -0.15) is 0 Å². The van der Waals surface area contributed by atoms with Crippen LogP contribution in [0.5, 0.6) is 0 Å². The first kappa shape index (κ1) is 12.6. The van der Waals surface area contributed by atoms with Gasteiger partial charge in [0.2, 0.25) is 11.2 Å². The number of fused-ring (bicyclic) bond motifs is 1. The van der Waals surface area contributed by atoms with E-state index in [1.807, 2.05) is 22.7 Å². The van der Waals surface area contributed by atoms with Crippen molar-refractivity contribution in [1.29, 1.82) is 0 Å². The van der Waals surface area contributed by atoms with Crippen molar-refractivity contribution in [2.45, 2.75) is 6.42 Å². The summed E-state index contributed by atoms with van der Waals surface area (Å²) in [7, 11) is 0. The lowest BCUT2D eigenvalue weighted by Gasteiger charge is -2.01. The highest BCUT2D eigenvalue weighted by molar-refractivity contribution is 6.28. The maximum absolute atomic E-state index is 10.9. The van der Waals surface area contributed by atoms with Gasteiger partial charge in [0.05, 0.1) is 17.8 Å². The average molecular weight is 288 g/mol. The summed E-state index contributed by atoms with van der Waals surface area (Å²) >= 11 is 5.78. The zero-order valence-corrected chi connectivity index (χ0v) is 11.1. The molecule has 20 heavy (non-hydrogen) atoms. The molecule has 0 bridgehead atoms. The van der Waals surface area contributed by atoms with Crippen LogP contribution in [0.4, 0.5) is 0 Å². The Morgan fingerprint density at radius 3 is 2.85 bits per heavy atom. The molecule has 0 spiro atoms. The predicted molar refractivity (Wildman–Crippen MR) is 74.1 cm³/mol. The van der Waals surface area contributed by atoms with Gasteiger partial charge < -0.3 is 10.1 Å². The molecule has 3 aromatic rings. The van der Waals surface area contributed by atoms with Gasteiger partial charge in [0.1, 0.15) is 5.65 Å². The summed E-state index contributed by atoms with van der Waals surface area (Å²) < 4.78 is 1.82.